The van der Waals surface area contributed by atoms with Crippen LogP contribution in [0.1, 0.15) is 15.9 Å². The van der Waals surface area contributed by atoms with Gasteiger partial charge in [0.1, 0.15) is 17.3 Å². The van der Waals surface area contributed by atoms with E-state index in [1.165, 1.54) is 24.3 Å². The van der Waals surface area contributed by atoms with Crippen LogP contribution in [0.2, 0.25) is 0 Å². The monoisotopic (exact) mass is 389 g/mol. The van der Waals surface area contributed by atoms with Gasteiger partial charge in [-0.05, 0) is 67.1 Å². The molecule has 0 radical (unpaired) electrons. The molecule has 1 amide bonds. The van der Waals surface area contributed by atoms with Gasteiger partial charge in [-0.3, -0.25) is 10.1 Å². The number of para-hydroxylation sites is 1. The highest BCUT2D eigenvalue weighted by Crippen LogP contribution is 2.25. The molecule has 0 fully saturated rings. The largest absolute Gasteiger partial charge is 0.457 e. The van der Waals surface area contributed by atoms with Crippen molar-refractivity contribution in [3.05, 3.63) is 89.7 Å². The van der Waals surface area contributed by atoms with Gasteiger partial charge in [-0.15, -0.1) is 5.10 Å². The molecule has 0 unspecified atom stereocenters. The Hall–Kier alpha value is -4.00. The fraction of sp³-hybridized carbons (Fsp3) is 0.0455. The Labute approximate surface area is 166 Å². The van der Waals surface area contributed by atoms with Gasteiger partial charge in [0, 0.05) is 11.1 Å². The number of aryl methyl sites for hydroxylation is 1. The number of amides is 1. The maximum atomic E-state index is 13.0. The minimum Gasteiger partial charge on any atom is -0.457 e. The summed E-state index contributed by atoms with van der Waals surface area (Å²) in [6, 6.07) is 19.9. The van der Waals surface area contributed by atoms with Gasteiger partial charge in [-0.25, -0.2) is 4.39 Å². The zero-order valence-electron chi connectivity index (χ0n) is 15.4. The maximum absolute atomic E-state index is 13.0. The minimum absolute atomic E-state index is 0.0467. The van der Waals surface area contributed by atoms with Crippen molar-refractivity contribution in [2.24, 2.45) is 0 Å². The van der Waals surface area contributed by atoms with Gasteiger partial charge < -0.3 is 9.15 Å². The van der Waals surface area contributed by atoms with Crippen LogP contribution in [0.3, 0.4) is 0 Å². The number of aromatic nitrogens is 2. The second kappa shape index (κ2) is 7.93. The SMILES string of the molecule is Cc1ccccc1Oc1ccc(C(=O)Nc2nnc(-c3ccc(F)cc3)o2)cc1. The molecule has 1 N–H and O–H groups in total. The number of nitrogens with zero attached hydrogens (tertiary/aromatic N) is 2. The molecule has 0 saturated carbocycles. The van der Waals surface area contributed by atoms with E-state index in [4.69, 9.17) is 9.15 Å². The molecule has 0 saturated heterocycles. The van der Waals surface area contributed by atoms with Crippen LogP contribution in [0, 0.1) is 12.7 Å². The summed E-state index contributed by atoms with van der Waals surface area (Å²) < 4.78 is 24.2. The van der Waals surface area contributed by atoms with Gasteiger partial charge in [0.15, 0.2) is 0 Å². The van der Waals surface area contributed by atoms with Crippen molar-refractivity contribution in [3.8, 4) is 23.0 Å². The lowest BCUT2D eigenvalue weighted by atomic mass is 10.2. The first-order valence-corrected chi connectivity index (χ1v) is 8.83. The Balaban J connectivity index is 1.42. The van der Waals surface area contributed by atoms with Crippen molar-refractivity contribution in [1.82, 2.24) is 10.2 Å². The van der Waals surface area contributed by atoms with Crippen LogP contribution in [0.5, 0.6) is 11.5 Å². The highest BCUT2D eigenvalue weighted by molar-refractivity contribution is 6.03. The van der Waals surface area contributed by atoms with E-state index in [9.17, 15) is 9.18 Å². The molecule has 4 rings (SSSR count). The molecule has 1 aromatic heterocycles. The van der Waals surface area contributed by atoms with Crippen molar-refractivity contribution in [2.45, 2.75) is 6.92 Å². The Morgan fingerprint density at radius 1 is 0.966 bits per heavy atom. The molecule has 0 aliphatic rings. The number of halogens is 1. The third kappa shape index (κ3) is 4.30. The maximum Gasteiger partial charge on any atom is 0.322 e. The Morgan fingerprint density at radius 2 is 1.69 bits per heavy atom. The van der Waals surface area contributed by atoms with E-state index in [1.807, 2.05) is 31.2 Å². The van der Waals surface area contributed by atoms with Gasteiger partial charge in [0.2, 0.25) is 5.89 Å². The molecule has 3 aromatic carbocycles. The van der Waals surface area contributed by atoms with Crippen LogP contribution < -0.4 is 10.1 Å². The van der Waals surface area contributed by atoms with Crippen LogP contribution in [0.4, 0.5) is 10.4 Å². The topological polar surface area (TPSA) is 77.2 Å². The van der Waals surface area contributed by atoms with E-state index < -0.39 is 5.91 Å². The predicted octanol–water partition coefficient (Wildman–Crippen LogP) is 5.23. The van der Waals surface area contributed by atoms with E-state index >= 15 is 0 Å². The van der Waals surface area contributed by atoms with Gasteiger partial charge in [0.05, 0.1) is 0 Å². The van der Waals surface area contributed by atoms with Crippen LogP contribution in [-0.2, 0) is 0 Å². The third-order valence-corrected chi connectivity index (χ3v) is 4.17. The zero-order chi connectivity index (χ0) is 20.2. The summed E-state index contributed by atoms with van der Waals surface area (Å²) in [4.78, 5) is 12.4. The van der Waals surface area contributed by atoms with E-state index in [2.05, 4.69) is 15.5 Å². The van der Waals surface area contributed by atoms with Gasteiger partial charge in [-0.2, -0.15) is 0 Å². The number of benzene rings is 3. The fourth-order valence-corrected chi connectivity index (χ4v) is 2.62. The van der Waals surface area contributed by atoms with E-state index in [-0.39, 0.29) is 17.7 Å². The van der Waals surface area contributed by atoms with Crippen LogP contribution in [0.25, 0.3) is 11.5 Å². The molecule has 29 heavy (non-hydrogen) atoms. The highest BCUT2D eigenvalue weighted by atomic mass is 19.1. The Morgan fingerprint density at radius 3 is 2.41 bits per heavy atom. The molecule has 4 aromatic rings. The summed E-state index contributed by atoms with van der Waals surface area (Å²) in [5, 5.41) is 10.2. The summed E-state index contributed by atoms with van der Waals surface area (Å²) in [5.41, 5.74) is 1.98. The molecular formula is C22H16FN3O3. The fourth-order valence-electron chi connectivity index (χ4n) is 2.62. The zero-order valence-corrected chi connectivity index (χ0v) is 15.4. The van der Waals surface area contributed by atoms with Gasteiger partial charge >= 0.3 is 6.01 Å². The van der Waals surface area contributed by atoms with Crippen LogP contribution in [-0.4, -0.2) is 16.1 Å². The lowest BCUT2D eigenvalue weighted by molar-refractivity contribution is 0.102. The minimum atomic E-state index is -0.401. The number of carbonyl (C=O) groups is 1. The summed E-state index contributed by atoms with van der Waals surface area (Å²) >= 11 is 0. The molecule has 0 aliphatic carbocycles. The Kier molecular flexibility index (Phi) is 5.03. The second-order valence-electron chi connectivity index (χ2n) is 6.27. The second-order valence-corrected chi connectivity index (χ2v) is 6.27. The van der Waals surface area contributed by atoms with E-state index in [0.29, 0.717) is 16.9 Å². The van der Waals surface area contributed by atoms with Crippen molar-refractivity contribution in [1.29, 1.82) is 0 Å². The molecule has 0 spiro atoms. The molecule has 1 heterocycles. The van der Waals surface area contributed by atoms with Crippen LogP contribution >= 0.6 is 0 Å². The lowest BCUT2D eigenvalue weighted by Crippen LogP contribution is -2.11. The van der Waals surface area contributed by atoms with Crippen molar-refractivity contribution < 1.29 is 18.3 Å². The van der Waals surface area contributed by atoms with E-state index in [1.54, 1.807) is 24.3 Å². The molecule has 0 aliphatic heterocycles. The molecule has 144 valence electrons. The van der Waals surface area contributed by atoms with Crippen LogP contribution in [0.15, 0.2) is 77.2 Å². The number of hydrogen-bond acceptors (Lipinski definition) is 5. The van der Waals surface area contributed by atoms with Gasteiger partial charge in [0.25, 0.3) is 5.91 Å². The quantitative estimate of drug-likeness (QED) is 0.506. The normalized spacial score (nSPS) is 10.6. The Bertz CT molecular complexity index is 1140. The summed E-state index contributed by atoms with van der Waals surface area (Å²) in [6.45, 7) is 1.96. The number of carbonyl (C=O) groups excluding carboxylic acids is 1. The molecule has 6 nitrogen and oxygen atoms in total. The molecule has 7 heteroatoms. The van der Waals surface area contributed by atoms with Gasteiger partial charge in [-0.1, -0.05) is 23.3 Å². The molecule has 0 atom stereocenters. The third-order valence-electron chi connectivity index (χ3n) is 4.17. The highest BCUT2D eigenvalue weighted by Gasteiger charge is 2.13. The first kappa shape index (κ1) is 18.4. The average Bonchev–Trinajstić information content (AvgIpc) is 3.19. The number of anilines is 1. The number of hydrogen-bond donors (Lipinski definition) is 1. The molecule has 0 bridgehead atoms. The predicted molar refractivity (Wildman–Crippen MR) is 105 cm³/mol. The number of nitrogens with one attached hydrogen (secondary N) is 1. The standard InChI is InChI=1S/C22H16FN3O3/c1-14-4-2-3-5-19(14)28-18-12-8-15(9-13-18)20(27)24-22-26-25-21(29-22)16-6-10-17(23)11-7-16/h2-13H,1H3,(H,24,26,27). The number of rotatable bonds is 5. The first-order valence-electron chi connectivity index (χ1n) is 8.83. The first-order chi connectivity index (χ1) is 14.1. The van der Waals surface area contributed by atoms with Crippen molar-refractivity contribution in [3.63, 3.8) is 0 Å². The summed E-state index contributed by atoms with van der Waals surface area (Å²) in [6.07, 6.45) is 0. The van der Waals surface area contributed by atoms with Crippen molar-refractivity contribution >= 4 is 11.9 Å². The summed E-state index contributed by atoms with van der Waals surface area (Å²) in [7, 11) is 0. The summed E-state index contributed by atoms with van der Waals surface area (Å²) in [5.74, 6) is 0.789. The lowest BCUT2D eigenvalue weighted by Gasteiger charge is -2.08. The number of ether oxygens (including phenoxy) is 1. The molecular weight excluding hydrogens is 373 g/mol. The van der Waals surface area contributed by atoms with E-state index in [0.717, 1.165) is 11.3 Å². The smallest absolute Gasteiger partial charge is 0.322 e. The van der Waals surface area contributed by atoms with Crippen molar-refractivity contribution in [2.75, 3.05) is 5.32 Å². The average molecular weight is 389 g/mol.